The molecule has 0 saturated carbocycles. The number of nitrogens with zero attached hydrogens (tertiary/aromatic N) is 2. The highest BCUT2D eigenvalue weighted by Gasteiger charge is 2.73. The number of allylic oxidation sites excluding steroid dienone is 2. The van der Waals surface area contributed by atoms with E-state index in [4.69, 9.17) is 21.1 Å². The number of esters is 1. The quantitative estimate of drug-likeness (QED) is 0.530. The van der Waals surface area contributed by atoms with E-state index in [1.54, 1.807) is 43.0 Å². The van der Waals surface area contributed by atoms with Crippen LogP contribution >= 0.6 is 11.6 Å². The first kappa shape index (κ1) is 20.3. The van der Waals surface area contributed by atoms with Crippen LogP contribution in [-0.4, -0.2) is 53.7 Å². The van der Waals surface area contributed by atoms with Gasteiger partial charge in [0.15, 0.2) is 0 Å². The third-order valence-electron chi connectivity index (χ3n) is 6.91. The molecule has 0 spiro atoms. The fourth-order valence-electron chi connectivity index (χ4n) is 5.68. The van der Waals surface area contributed by atoms with Gasteiger partial charge in [0.25, 0.3) is 5.91 Å². The molecule has 6 atom stereocenters. The fraction of sp³-hybridized carbons (Fsp3) is 0.435. The number of rotatable bonds is 3. The molecule has 1 aliphatic carbocycles. The van der Waals surface area contributed by atoms with E-state index in [9.17, 15) is 14.4 Å². The Morgan fingerprint density at radius 1 is 1.29 bits per heavy atom. The lowest BCUT2D eigenvalue weighted by molar-refractivity contribution is -0.156. The van der Waals surface area contributed by atoms with Crippen LogP contribution in [0.2, 0.25) is 5.02 Å². The summed E-state index contributed by atoms with van der Waals surface area (Å²) in [5.41, 5.74) is -0.978. The summed E-state index contributed by atoms with van der Waals surface area (Å²) in [4.78, 5) is 43.4. The molecule has 3 aliphatic heterocycles. The third-order valence-corrected chi connectivity index (χ3v) is 7.15. The number of anilines is 1. The van der Waals surface area contributed by atoms with Crippen LogP contribution in [0.3, 0.4) is 0 Å². The van der Waals surface area contributed by atoms with Crippen LogP contribution in [0, 0.1) is 17.8 Å². The molecule has 1 aromatic carbocycles. The van der Waals surface area contributed by atoms with E-state index in [1.165, 1.54) is 0 Å². The second-order valence-electron chi connectivity index (χ2n) is 8.45. The molecule has 162 valence electrons. The number of hydrogen-bond donors (Lipinski definition) is 0. The molecule has 0 radical (unpaired) electrons. The van der Waals surface area contributed by atoms with Gasteiger partial charge in [0.1, 0.15) is 5.54 Å². The number of urea groups is 1. The van der Waals surface area contributed by atoms with Gasteiger partial charge >= 0.3 is 12.0 Å². The second kappa shape index (κ2) is 7.21. The average molecular weight is 443 g/mol. The highest BCUT2D eigenvalue weighted by atomic mass is 35.5. The molecule has 2 unspecified atom stereocenters. The smallest absolute Gasteiger partial charge is 0.332 e. The van der Waals surface area contributed by atoms with Crippen molar-refractivity contribution >= 4 is 35.2 Å². The lowest BCUT2D eigenvalue weighted by Gasteiger charge is -2.42. The zero-order valence-electron chi connectivity index (χ0n) is 17.2. The summed E-state index contributed by atoms with van der Waals surface area (Å²) in [5, 5.41) is 0.418. The molecule has 0 N–H and O–H groups in total. The molecule has 0 aromatic heterocycles. The topological polar surface area (TPSA) is 76.2 Å². The van der Waals surface area contributed by atoms with Gasteiger partial charge in [0.2, 0.25) is 0 Å². The minimum absolute atomic E-state index is 0.154. The van der Waals surface area contributed by atoms with Gasteiger partial charge in [-0.1, -0.05) is 42.0 Å². The summed E-state index contributed by atoms with van der Waals surface area (Å²) >= 11 is 6.13. The standard InChI is InChI=1S/C23H23ClN2O5/c1-3-30-20(27)18-16-12-31-17-10-5-4-9-15(17)19(16)26-22(29)25(21(28)23(18,26)2)14-8-6-7-13(24)11-14/h4-11,15-19H,3,12H2,1-2H3/t15?,16-,17?,18+,19+,23-/m1/s1. The predicted molar refractivity (Wildman–Crippen MR) is 113 cm³/mol. The van der Waals surface area contributed by atoms with E-state index in [1.807, 2.05) is 24.3 Å². The molecule has 31 heavy (non-hydrogen) atoms. The normalized spacial score (nSPS) is 35.8. The number of fused-ring (bicyclic) bond motifs is 5. The van der Waals surface area contributed by atoms with Crippen LogP contribution in [0.25, 0.3) is 0 Å². The molecule has 3 saturated heterocycles. The predicted octanol–water partition coefficient (Wildman–Crippen LogP) is 3.19. The number of carbonyl (C=O) groups is 3. The Hall–Kier alpha value is -2.64. The largest absolute Gasteiger partial charge is 0.466 e. The van der Waals surface area contributed by atoms with Gasteiger partial charge < -0.3 is 14.4 Å². The fourth-order valence-corrected chi connectivity index (χ4v) is 5.87. The number of carbonyl (C=O) groups excluding carboxylic acids is 3. The Bertz CT molecular complexity index is 1020. The molecule has 3 amide bonds. The summed E-state index contributed by atoms with van der Waals surface area (Å²) in [6, 6.07) is 5.81. The summed E-state index contributed by atoms with van der Waals surface area (Å²) in [6.45, 7) is 3.87. The lowest BCUT2D eigenvalue weighted by Crippen LogP contribution is -2.53. The summed E-state index contributed by atoms with van der Waals surface area (Å²) in [5.74, 6) is -2.24. The van der Waals surface area contributed by atoms with Crippen molar-refractivity contribution in [1.29, 1.82) is 0 Å². The Kier molecular flexibility index (Phi) is 4.71. The van der Waals surface area contributed by atoms with Crippen molar-refractivity contribution in [2.75, 3.05) is 18.1 Å². The van der Waals surface area contributed by atoms with E-state index < -0.39 is 29.4 Å². The number of hydrogen-bond acceptors (Lipinski definition) is 5. The van der Waals surface area contributed by atoms with Crippen LogP contribution in [0.15, 0.2) is 48.6 Å². The molecule has 5 rings (SSSR count). The number of benzene rings is 1. The monoisotopic (exact) mass is 442 g/mol. The van der Waals surface area contributed by atoms with Crippen LogP contribution in [0.4, 0.5) is 10.5 Å². The van der Waals surface area contributed by atoms with Gasteiger partial charge in [-0.25, -0.2) is 9.69 Å². The zero-order chi connectivity index (χ0) is 21.9. The Morgan fingerprint density at radius 2 is 2.06 bits per heavy atom. The Morgan fingerprint density at radius 3 is 2.81 bits per heavy atom. The van der Waals surface area contributed by atoms with E-state index in [2.05, 4.69) is 0 Å². The van der Waals surface area contributed by atoms with Crippen molar-refractivity contribution in [2.24, 2.45) is 17.8 Å². The van der Waals surface area contributed by atoms with Crippen LogP contribution < -0.4 is 4.90 Å². The maximum Gasteiger partial charge on any atom is 0.332 e. The van der Waals surface area contributed by atoms with E-state index >= 15 is 0 Å². The number of ether oxygens (including phenoxy) is 2. The first-order valence-corrected chi connectivity index (χ1v) is 10.8. The van der Waals surface area contributed by atoms with Crippen molar-refractivity contribution in [2.45, 2.75) is 31.5 Å². The summed E-state index contributed by atoms with van der Waals surface area (Å²) in [7, 11) is 0. The van der Waals surface area contributed by atoms with Crippen LogP contribution in [0.5, 0.6) is 0 Å². The van der Waals surface area contributed by atoms with Crippen LogP contribution in [-0.2, 0) is 19.1 Å². The first-order valence-electron chi connectivity index (χ1n) is 10.5. The van der Waals surface area contributed by atoms with Gasteiger partial charge in [-0.2, -0.15) is 0 Å². The SMILES string of the molecule is CCOC(=O)[C@@H]1[C@H]2COC3C=CC=CC3[C@@H]2N2C(=O)N(c3cccc(Cl)c3)C(=O)[C@@]12C. The van der Waals surface area contributed by atoms with Crippen molar-refractivity contribution < 1.29 is 23.9 Å². The zero-order valence-corrected chi connectivity index (χ0v) is 18.0. The van der Waals surface area contributed by atoms with Crippen molar-refractivity contribution in [3.63, 3.8) is 0 Å². The first-order chi connectivity index (χ1) is 14.9. The maximum atomic E-state index is 13.8. The van der Waals surface area contributed by atoms with Gasteiger partial charge in [-0.15, -0.1) is 0 Å². The second-order valence-corrected chi connectivity index (χ2v) is 8.89. The summed E-state index contributed by atoms with van der Waals surface area (Å²) in [6.07, 6.45) is 7.56. The molecular formula is C23H23ClN2O5. The highest BCUT2D eigenvalue weighted by Crippen LogP contribution is 2.54. The summed E-state index contributed by atoms with van der Waals surface area (Å²) < 4.78 is 11.4. The van der Waals surface area contributed by atoms with Crippen molar-refractivity contribution in [1.82, 2.24) is 4.90 Å². The van der Waals surface area contributed by atoms with E-state index in [0.717, 1.165) is 4.90 Å². The molecule has 1 aromatic rings. The van der Waals surface area contributed by atoms with Gasteiger partial charge in [0.05, 0.1) is 30.9 Å². The molecule has 4 aliphatic rings. The van der Waals surface area contributed by atoms with E-state index in [0.29, 0.717) is 10.7 Å². The molecule has 3 fully saturated rings. The number of amides is 3. The molecule has 8 heteroatoms. The van der Waals surface area contributed by atoms with E-state index in [-0.39, 0.29) is 37.2 Å². The lowest BCUT2D eigenvalue weighted by atomic mass is 9.74. The van der Waals surface area contributed by atoms with Crippen molar-refractivity contribution in [3.05, 3.63) is 53.6 Å². The molecule has 3 heterocycles. The maximum absolute atomic E-state index is 13.8. The number of imide groups is 1. The van der Waals surface area contributed by atoms with Crippen LogP contribution in [0.1, 0.15) is 13.8 Å². The minimum atomic E-state index is -1.37. The highest BCUT2D eigenvalue weighted by molar-refractivity contribution is 6.31. The van der Waals surface area contributed by atoms with Gasteiger partial charge in [-0.05, 0) is 32.0 Å². The number of halogens is 1. The third kappa shape index (κ3) is 2.72. The molecule has 7 nitrogen and oxygen atoms in total. The Labute approximate surface area is 185 Å². The molecular weight excluding hydrogens is 420 g/mol. The minimum Gasteiger partial charge on any atom is -0.466 e. The Balaban J connectivity index is 1.64. The molecule has 0 bridgehead atoms. The van der Waals surface area contributed by atoms with Gasteiger partial charge in [-0.3, -0.25) is 9.59 Å². The van der Waals surface area contributed by atoms with Gasteiger partial charge in [0, 0.05) is 22.9 Å². The van der Waals surface area contributed by atoms with Crippen molar-refractivity contribution in [3.8, 4) is 0 Å². The average Bonchev–Trinajstić information content (AvgIpc) is 3.13.